The average Bonchev–Trinajstić information content (AvgIpc) is 3.00. The summed E-state index contributed by atoms with van der Waals surface area (Å²) >= 11 is 0. The third kappa shape index (κ3) is 4.66. The number of amides is 1. The number of aromatic nitrogens is 2. The van der Waals surface area contributed by atoms with E-state index in [-0.39, 0.29) is 23.3 Å². The lowest BCUT2D eigenvalue weighted by atomic mass is 10.1. The highest BCUT2D eigenvalue weighted by Crippen LogP contribution is 2.37. The highest BCUT2D eigenvalue weighted by Gasteiger charge is 2.36. The van der Waals surface area contributed by atoms with E-state index in [0.717, 1.165) is 10.6 Å². The SMILES string of the molecule is CC(C)(C)OC(=O)n1c(Cn2cccc(NC=O)c2=O)cc2cc(F)cc(C(F)(F)F)c21. The third-order valence-electron chi connectivity index (χ3n) is 4.39. The molecule has 0 bridgehead atoms. The number of nitrogens with one attached hydrogen (secondary N) is 1. The van der Waals surface area contributed by atoms with Crippen molar-refractivity contribution in [1.82, 2.24) is 9.13 Å². The van der Waals surface area contributed by atoms with Gasteiger partial charge in [-0.1, -0.05) is 0 Å². The molecule has 0 spiro atoms. The number of hydrogen-bond donors (Lipinski definition) is 1. The Labute approximate surface area is 179 Å². The van der Waals surface area contributed by atoms with Gasteiger partial charge in [0.1, 0.15) is 17.1 Å². The molecule has 1 aromatic carbocycles. The van der Waals surface area contributed by atoms with Crippen molar-refractivity contribution >= 4 is 29.1 Å². The summed E-state index contributed by atoms with van der Waals surface area (Å²) in [5, 5.41) is 2.04. The summed E-state index contributed by atoms with van der Waals surface area (Å²) in [7, 11) is 0. The van der Waals surface area contributed by atoms with Gasteiger partial charge in [0.25, 0.3) is 5.56 Å². The fourth-order valence-electron chi connectivity index (χ4n) is 3.23. The van der Waals surface area contributed by atoms with Crippen molar-refractivity contribution < 1.29 is 31.9 Å². The summed E-state index contributed by atoms with van der Waals surface area (Å²) in [6, 6.07) is 5.13. The summed E-state index contributed by atoms with van der Waals surface area (Å²) in [5.74, 6) is -1.13. The average molecular weight is 453 g/mol. The molecule has 0 unspecified atom stereocenters. The third-order valence-corrected chi connectivity index (χ3v) is 4.39. The predicted molar refractivity (Wildman–Crippen MR) is 108 cm³/mol. The monoisotopic (exact) mass is 453 g/mol. The van der Waals surface area contributed by atoms with Crippen molar-refractivity contribution in [3.05, 3.63) is 64.0 Å². The Bertz CT molecular complexity index is 1250. The van der Waals surface area contributed by atoms with Crippen molar-refractivity contribution in [3.63, 3.8) is 0 Å². The van der Waals surface area contributed by atoms with Gasteiger partial charge < -0.3 is 14.6 Å². The number of nitrogens with zero attached hydrogens (tertiary/aromatic N) is 2. The number of pyridine rings is 1. The quantitative estimate of drug-likeness (QED) is 0.470. The lowest BCUT2D eigenvalue weighted by Crippen LogP contribution is -2.30. The Morgan fingerprint density at radius 1 is 1.19 bits per heavy atom. The lowest BCUT2D eigenvalue weighted by Gasteiger charge is -2.22. The first-order valence-corrected chi connectivity index (χ1v) is 9.36. The highest BCUT2D eigenvalue weighted by molar-refractivity contribution is 5.93. The Hall–Kier alpha value is -3.63. The fraction of sp³-hybridized carbons (Fsp3) is 0.286. The van der Waals surface area contributed by atoms with Crippen LogP contribution in [0.4, 0.5) is 28.0 Å². The zero-order chi connectivity index (χ0) is 23.8. The maximum Gasteiger partial charge on any atom is 0.419 e. The van der Waals surface area contributed by atoms with E-state index in [4.69, 9.17) is 4.74 Å². The summed E-state index contributed by atoms with van der Waals surface area (Å²) < 4.78 is 62.1. The Kier molecular flexibility index (Phi) is 5.86. The first-order valence-electron chi connectivity index (χ1n) is 9.36. The molecule has 3 aromatic rings. The van der Waals surface area contributed by atoms with E-state index in [9.17, 15) is 31.9 Å². The van der Waals surface area contributed by atoms with Crippen LogP contribution >= 0.6 is 0 Å². The van der Waals surface area contributed by atoms with Crippen LogP contribution in [0.3, 0.4) is 0 Å². The molecular formula is C21H19F4N3O4. The number of carbonyl (C=O) groups is 2. The van der Waals surface area contributed by atoms with E-state index in [1.165, 1.54) is 24.4 Å². The van der Waals surface area contributed by atoms with Gasteiger partial charge in [-0.2, -0.15) is 13.2 Å². The number of halogens is 4. The molecule has 170 valence electrons. The molecule has 0 saturated heterocycles. The van der Waals surface area contributed by atoms with Gasteiger partial charge in [-0.25, -0.2) is 13.8 Å². The van der Waals surface area contributed by atoms with E-state index in [2.05, 4.69) is 5.32 Å². The van der Waals surface area contributed by atoms with Crippen LogP contribution in [-0.4, -0.2) is 27.2 Å². The highest BCUT2D eigenvalue weighted by atomic mass is 19.4. The van der Waals surface area contributed by atoms with Crippen LogP contribution in [-0.2, 0) is 22.3 Å². The van der Waals surface area contributed by atoms with Crippen LogP contribution in [0, 0.1) is 5.82 Å². The van der Waals surface area contributed by atoms with Crippen molar-refractivity contribution in [2.24, 2.45) is 0 Å². The molecule has 2 aromatic heterocycles. The van der Waals surface area contributed by atoms with Crippen LogP contribution in [0.1, 0.15) is 32.0 Å². The number of alkyl halides is 3. The second-order valence-electron chi connectivity index (χ2n) is 7.96. The number of carbonyl (C=O) groups excluding carboxylic acids is 2. The molecule has 2 heterocycles. The second kappa shape index (κ2) is 8.13. The van der Waals surface area contributed by atoms with Gasteiger partial charge in [-0.15, -0.1) is 0 Å². The van der Waals surface area contributed by atoms with Gasteiger partial charge >= 0.3 is 12.3 Å². The van der Waals surface area contributed by atoms with Crippen LogP contribution < -0.4 is 10.9 Å². The molecule has 0 aliphatic carbocycles. The van der Waals surface area contributed by atoms with E-state index in [1.807, 2.05) is 0 Å². The Morgan fingerprint density at radius 2 is 1.88 bits per heavy atom. The summed E-state index contributed by atoms with van der Waals surface area (Å²) in [6.07, 6.45) is -4.44. The zero-order valence-corrected chi connectivity index (χ0v) is 17.3. The topological polar surface area (TPSA) is 82.3 Å². The maximum atomic E-state index is 13.9. The molecule has 0 fully saturated rings. The van der Waals surface area contributed by atoms with Crippen molar-refractivity contribution in [2.75, 3.05) is 5.32 Å². The van der Waals surface area contributed by atoms with Gasteiger partial charge in [0.15, 0.2) is 0 Å². The van der Waals surface area contributed by atoms with E-state index in [1.54, 1.807) is 20.8 Å². The summed E-state index contributed by atoms with van der Waals surface area (Å²) in [5.41, 5.74) is -3.73. The molecule has 0 saturated carbocycles. The standard InChI is InChI=1S/C21H19F4N3O4/c1-20(2,3)32-19(31)28-14(10-27-6-4-5-16(18(27)30)26-11-29)8-12-7-13(22)9-15(17(12)28)21(23,24)25/h4-9,11H,10H2,1-3H3,(H,26,29). The van der Waals surface area contributed by atoms with Gasteiger partial charge in [0.05, 0.1) is 23.3 Å². The van der Waals surface area contributed by atoms with Crippen LogP contribution in [0.5, 0.6) is 0 Å². The first-order chi connectivity index (χ1) is 14.8. The fourth-order valence-corrected chi connectivity index (χ4v) is 3.23. The van der Waals surface area contributed by atoms with Crippen LogP contribution in [0.25, 0.3) is 10.9 Å². The lowest BCUT2D eigenvalue weighted by molar-refractivity contribution is -0.136. The number of ether oxygens (including phenoxy) is 1. The molecule has 0 atom stereocenters. The number of hydrogen-bond acceptors (Lipinski definition) is 4. The number of fused-ring (bicyclic) bond motifs is 1. The predicted octanol–water partition coefficient (Wildman–Crippen LogP) is 4.36. The molecule has 32 heavy (non-hydrogen) atoms. The Morgan fingerprint density at radius 3 is 2.47 bits per heavy atom. The van der Waals surface area contributed by atoms with E-state index >= 15 is 0 Å². The molecule has 11 heteroatoms. The van der Waals surface area contributed by atoms with Gasteiger partial charge in [0, 0.05) is 11.6 Å². The molecule has 0 aliphatic rings. The van der Waals surface area contributed by atoms with Crippen LogP contribution in [0.15, 0.2) is 41.3 Å². The van der Waals surface area contributed by atoms with Gasteiger partial charge in [-0.05, 0) is 51.1 Å². The minimum absolute atomic E-state index is 0.0456. The van der Waals surface area contributed by atoms with Gasteiger partial charge in [-0.3, -0.25) is 9.59 Å². The largest absolute Gasteiger partial charge is 0.443 e. The number of rotatable bonds is 4. The molecule has 3 rings (SSSR count). The van der Waals surface area contributed by atoms with E-state index in [0.29, 0.717) is 17.0 Å². The molecule has 0 radical (unpaired) electrons. The van der Waals surface area contributed by atoms with Crippen molar-refractivity contribution in [1.29, 1.82) is 0 Å². The summed E-state index contributed by atoms with van der Waals surface area (Å²) in [6.45, 7) is 4.28. The minimum atomic E-state index is -4.96. The smallest absolute Gasteiger partial charge is 0.419 e. The second-order valence-corrected chi connectivity index (χ2v) is 7.96. The normalized spacial score (nSPS) is 12.1. The van der Waals surface area contributed by atoms with Crippen molar-refractivity contribution in [3.8, 4) is 0 Å². The zero-order valence-electron chi connectivity index (χ0n) is 17.3. The van der Waals surface area contributed by atoms with E-state index < -0.39 is 40.3 Å². The summed E-state index contributed by atoms with van der Waals surface area (Å²) in [4.78, 5) is 36.1. The number of benzene rings is 1. The molecule has 1 amide bonds. The van der Waals surface area contributed by atoms with Gasteiger partial charge in [0.2, 0.25) is 6.41 Å². The molecule has 7 nitrogen and oxygen atoms in total. The van der Waals surface area contributed by atoms with Crippen LogP contribution in [0.2, 0.25) is 0 Å². The Balaban J connectivity index is 2.28. The minimum Gasteiger partial charge on any atom is -0.443 e. The maximum absolute atomic E-state index is 13.9. The first kappa shape index (κ1) is 23.0. The molecule has 1 N–H and O–H groups in total. The molecular weight excluding hydrogens is 434 g/mol. The van der Waals surface area contributed by atoms with Crippen molar-refractivity contribution in [2.45, 2.75) is 39.1 Å². The number of anilines is 1. The molecule has 0 aliphatic heterocycles.